The van der Waals surface area contributed by atoms with Crippen molar-refractivity contribution >= 4 is 17.9 Å². The van der Waals surface area contributed by atoms with Crippen molar-refractivity contribution in [3.8, 4) is 11.8 Å². The number of aryl methyl sites for hydroxylation is 1. The van der Waals surface area contributed by atoms with Crippen molar-refractivity contribution in [2.75, 3.05) is 32.1 Å². The summed E-state index contributed by atoms with van der Waals surface area (Å²) in [5, 5.41) is 9.26. The van der Waals surface area contributed by atoms with E-state index in [-0.39, 0.29) is 6.61 Å². The molecule has 174 valence electrons. The van der Waals surface area contributed by atoms with Crippen LogP contribution in [0.4, 0.5) is 5.82 Å². The van der Waals surface area contributed by atoms with Gasteiger partial charge in [-0.05, 0) is 36.1 Å². The van der Waals surface area contributed by atoms with Crippen molar-refractivity contribution in [1.82, 2.24) is 14.5 Å². The minimum absolute atomic E-state index is 0.0874. The van der Waals surface area contributed by atoms with E-state index < -0.39 is 0 Å². The molecule has 33 heavy (non-hydrogen) atoms. The summed E-state index contributed by atoms with van der Waals surface area (Å²) in [6.45, 7) is 7.58. The van der Waals surface area contributed by atoms with Crippen LogP contribution in [0.1, 0.15) is 30.2 Å². The number of imidazole rings is 1. The Morgan fingerprint density at radius 3 is 2.55 bits per heavy atom. The van der Waals surface area contributed by atoms with Gasteiger partial charge in [0.1, 0.15) is 11.4 Å². The van der Waals surface area contributed by atoms with E-state index in [0.29, 0.717) is 48.5 Å². The molecule has 0 saturated heterocycles. The second kappa shape index (κ2) is 11.3. The van der Waals surface area contributed by atoms with Gasteiger partial charge in [-0.15, -0.1) is 0 Å². The zero-order chi connectivity index (χ0) is 23.8. The number of hydrogen-bond donors (Lipinski definition) is 1. The van der Waals surface area contributed by atoms with Crippen LogP contribution in [0.15, 0.2) is 61.2 Å². The molecule has 1 aromatic heterocycles. The normalized spacial score (nSPS) is 10.7. The van der Waals surface area contributed by atoms with Crippen LogP contribution in [0.2, 0.25) is 0 Å². The van der Waals surface area contributed by atoms with Gasteiger partial charge >= 0.3 is 6.01 Å². The van der Waals surface area contributed by atoms with E-state index >= 15 is 0 Å². The second-order valence-corrected chi connectivity index (χ2v) is 7.90. The van der Waals surface area contributed by atoms with Gasteiger partial charge in [-0.3, -0.25) is 9.36 Å². The van der Waals surface area contributed by atoms with E-state index in [1.54, 1.807) is 7.05 Å². The third kappa shape index (κ3) is 5.81. The number of carbonyl (C=O) groups is 1. The Morgan fingerprint density at radius 1 is 1.15 bits per heavy atom. The Bertz CT molecular complexity index is 1080. The molecule has 0 aliphatic heterocycles. The van der Waals surface area contributed by atoms with Crippen molar-refractivity contribution in [2.24, 2.45) is 0 Å². The summed E-state index contributed by atoms with van der Waals surface area (Å²) in [4.78, 5) is 19.8. The molecule has 0 spiro atoms. The number of rotatable bonds is 12. The Hall–Kier alpha value is -3.58. The molecule has 0 unspecified atom stereocenters. The van der Waals surface area contributed by atoms with Crippen LogP contribution in [0.5, 0.6) is 11.8 Å². The number of aromatic nitrogens is 2. The monoisotopic (exact) mass is 448 g/mol. The smallest absolute Gasteiger partial charge is 0.304 e. The van der Waals surface area contributed by atoms with Crippen LogP contribution < -0.4 is 9.64 Å². The maximum atomic E-state index is 11.7. The molecule has 0 aliphatic carbocycles. The molecule has 3 aromatic rings. The third-order valence-corrected chi connectivity index (χ3v) is 5.49. The standard InChI is InChI=1S/C26H32N4O3/c1-5-21-13-9-14-23(17-21)33-26-27-25(29(4)19-32)24(20(2)28(3)15-10-16-31)30(26)18-22-11-7-6-8-12-22/h6-9,11-14,17,19,31H,2,5,10,15-16,18H2,1,3-4H3. The summed E-state index contributed by atoms with van der Waals surface area (Å²) < 4.78 is 8.21. The van der Waals surface area contributed by atoms with E-state index in [9.17, 15) is 9.90 Å². The minimum Gasteiger partial charge on any atom is -0.425 e. The number of benzene rings is 2. The first-order valence-electron chi connectivity index (χ1n) is 11.1. The van der Waals surface area contributed by atoms with Gasteiger partial charge in [0, 0.05) is 27.2 Å². The molecule has 0 saturated carbocycles. The molecular formula is C26H32N4O3. The summed E-state index contributed by atoms with van der Waals surface area (Å²) in [7, 11) is 3.57. The summed E-state index contributed by atoms with van der Waals surface area (Å²) >= 11 is 0. The molecule has 0 fully saturated rings. The number of nitrogens with zero attached hydrogens (tertiary/aromatic N) is 4. The topological polar surface area (TPSA) is 70.8 Å². The Morgan fingerprint density at radius 2 is 1.88 bits per heavy atom. The highest BCUT2D eigenvalue weighted by Crippen LogP contribution is 2.34. The van der Waals surface area contributed by atoms with Crippen molar-refractivity contribution in [3.63, 3.8) is 0 Å². The fraction of sp³-hybridized carbons (Fsp3) is 0.308. The SMILES string of the molecule is C=C(c1c(N(C)C=O)nc(Oc2cccc(CC)c2)n1Cc1ccccc1)N(C)CCCO. The summed E-state index contributed by atoms with van der Waals surface area (Å²) in [6, 6.07) is 18.3. The summed E-state index contributed by atoms with van der Waals surface area (Å²) in [6.07, 6.45) is 2.22. The zero-order valence-electron chi connectivity index (χ0n) is 19.6. The van der Waals surface area contributed by atoms with Gasteiger partial charge in [0.25, 0.3) is 0 Å². The molecule has 0 radical (unpaired) electrons. The highest BCUT2D eigenvalue weighted by atomic mass is 16.5. The summed E-state index contributed by atoms with van der Waals surface area (Å²) in [5.41, 5.74) is 3.60. The average molecular weight is 449 g/mol. The lowest BCUT2D eigenvalue weighted by Gasteiger charge is -2.24. The third-order valence-electron chi connectivity index (χ3n) is 5.49. The van der Waals surface area contributed by atoms with E-state index in [1.807, 2.05) is 65.0 Å². The average Bonchev–Trinajstić information content (AvgIpc) is 3.19. The maximum absolute atomic E-state index is 11.7. The van der Waals surface area contributed by atoms with Crippen molar-refractivity contribution in [3.05, 3.63) is 78.0 Å². The summed E-state index contributed by atoms with van der Waals surface area (Å²) in [5.74, 6) is 1.14. The fourth-order valence-corrected chi connectivity index (χ4v) is 3.55. The van der Waals surface area contributed by atoms with E-state index in [4.69, 9.17) is 9.72 Å². The van der Waals surface area contributed by atoms with Crippen LogP contribution >= 0.6 is 0 Å². The molecule has 3 rings (SSSR count). The van der Waals surface area contributed by atoms with Gasteiger partial charge in [-0.25, -0.2) is 0 Å². The highest BCUT2D eigenvalue weighted by molar-refractivity contribution is 5.81. The number of hydrogen-bond acceptors (Lipinski definition) is 5. The fourth-order valence-electron chi connectivity index (χ4n) is 3.55. The van der Waals surface area contributed by atoms with Gasteiger partial charge in [0.2, 0.25) is 6.41 Å². The van der Waals surface area contributed by atoms with Crippen LogP contribution in [0.25, 0.3) is 5.70 Å². The first kappa shape index (κ1) is 24.1. The Labute approximate surface area is 195 Å². The molecular weight excluding hydrogens is 416 g/mol. The lowest BCUT2D eigenvalue weighted by atomic mass is 10.2. The number of aliphatic hydroxyl groups excluding tert-OH is 1. The molecule has 0 atom stereocenters. The molecule has 2 aromatic carbocycles. The van der Waals surface area contributed by atoms with Gasteiger partial charge in [0.15, 0.2) is 5.82 Å². The predicted molar refractivity (Wildman–Crippen MR) is 131 cm³/mol. The molecule has 0 aliphatic rings. The lowest BCUT2D eigenvalue weighted by Crippen LogP contribution is -2.23. The maximum Gasteiger partial charge on any atom is 0.304 e. The Balaban J connectivity index is 2.12. The molecule has 1 N–H and O–H groups in total. The van der Waals surface area contributed by atoms with Crippen LogP contribution in [-0.2, 0) is 17.8 Å². The highest BCUT2D eigenvalue weighted by Gasteiger charge is 2.25. The first-order chi connectivity index (χ1) is 16.0. The van der Waals surface area contributed by atoms with E-state index in [1.165, 1.54) is 4.90 Å². The predicted octanol–water partition coefficient (Wildman–Crippen LogP) is 4.16. The van der Waals surface area contributed by atoms with Gasteiger partial charge < -0.3 is 19.6 Å². The minimum atomic E-state index is 0.0874. The molecule has 1 heterocycles. The number of anilines is 1. The van der Waals surface area contributed by atoms with E-state index in [2.05, 4.69) is 19.6 Å². The largest absolute Gasteiger partial charge is 0.425 e. The molecule has 1 amide bonds. The number of amides is 1. The van der Waals surface area contributed by atoms with Crippen molar-refractivity contribution in [1.29, 1.82) is 0 Å². The van der Waals surface area contributed by atoms with E-state index in [0.717, 1.165) is 24.0 Å². The van der Waals surface area contributed by atoms with Gasteiger partial charge in [0.05, 0.1) is 12.2 Å². The Kier molecular flexibility index (Phi) is 8.27. The number of aliphatic hydroxyl groups is 1. The first-order valence-corrected chi connectivity index (χ1v) is 11.1. The number of ether oxygens (including phenoxy) is 1. The molecule has 0 bridgehead atoms. The van der Waals surface area contributed by atoms with Gasteiger partial charge in [-0.1, -0.05) is 56.0 Å². The number of carbonyl (C=O) groups excluding carboxylic acids is 1. The molecule has 7 nitrogen and oxygen atoms in total. The van der Waals surface area contributed by atoms with Crippen molar-refractivity contribution in [2.45, 2.75) is 26.3 Å². The van der Waals surface area contributed by atoms with Gasteiger partial charge in [-0.2, -0.15) is 4.98 Å². The van der Waals surface area contributed by atoms with Crippen LogP contribution in [-0.4, -0.2) is 53.2 Å². The van der Waals surface area contributed by atoms with Crippen LogP contribution in [0.3, 0.4) is 0 Å². The second-order valence-electron chi connectivity index (χ2n) is 7.90. The quantitative estimate of drug-likeness (QED) is 0.421. The van der Waals surface area contributed by atoms with Crippen LogP contribution in [0, 0.1) is 0 Å². The molecule has 7 heteroatoms. The lowest BCUT2D eigenvalue weighted by molar-refractivity contribution is -0.107. The van der Waals surface area contributed by atoms with Crippen molar-refractivity contribution < 1.29 is 14.6 Å². The zero-order valence-corrected chi connectivity index (χ0v) is 19.6.